The van der Waals surface area contributed by atoms with Gasteiger partial charge in [-0.05, 0) is 6.92 Å². The fraction of sp³-hybridized carbons (Fsp3) is 0.250. The topological polar surface area (TPSA) is 100 Å². The van der Waals surface area contributed by atoms with E-state index in [-0.39, 0.29) is 23.6 Å². The number of carboxylic acids is 1. The maximum absolute atomic E-state index is 11.7. The average molecular weight is 208 g/mol. The van der Waals surface area contributed by atoms with Gasteiger partial charge in [0, 0.05) is 11.8 Å². The van der Waals surface area contributed by atoms with Crippen LogP contribution in [-0.4, -0.2) is 30.7 Å². The van der Waals surface area contributed by atoms with Crippen LogP contribution >= 0.6 is 0 Å². The van der Waals surface area contributed by atoms with Gasteiger partial charge in [0.1, 0.15) is 6.42 Å². The van der Waals surface area contributed by atoms with Gasteiger partial charge in [-0.25, -0.2) is 14.5 Å². The van der Waals surface area contributed by atoms with Gasteiger partial charge < -0.3 is 5.11 Å². The Balaban J connectivity index is 2.72. The molecule has 15 heavy (non-hydrogen) atoms. The summed E-state index contributed by atoms with van der Waals surface area (Å²) in [6.45, 7) is 1.61. The van der Waals surface area contributed by atoms with Gasteiger partial charge in [0.25, 0.3) is 5.56 Å². The zero-order valence-corrected chi connectivity index (χ0v) is 7.89. The van der Waals surface area contributed by atoms with Crippen LogP contribution in [0.4, 0.5) is 0 Å². The van der Waals surface area contributed by atoms with Crippen molar-refractivity contribution in [3.63, 3.8) is 0 Å². The molecule has 0 atom stereocenters. The number of fused-ring (bicyclic) bond motifs is 1. The van der Waals surface area contributed by atoms with Crippen LogP contribution in [0.5, 0.6) is 0 Å². The van der Waals surface area contributed by atoms with Crippen molar-refractivity contribution in [3.05, 3.63) is 27.9 Å². The number of hydrogen-bond acceptors (Lipinski definition) is 4. The molecule has 0 spiro atoms. The standard InChI is InChI=1S/C8H8N4O3/c1-4-3-9-8-11-10-5(2-6(13)14)12(8)7(4)15/h3H,2H2,1H3,(H,9,11)(H,13,14). The van der Waals surface area contributed by atoms with E-state index < -0.39 is 5.97 Å². The molecule has 0 amide bonds. The van der Waals surface area contributed by atoms with E-state index in [4.69, 9.17) is 5.11 Å². The summed E-state index contributed by atoms with van der Waals surface area (Å²) in [4.78, 5) is 26.1. The number of aryl methyl sites for hydroxylation is 1. The van der Waals surface area contributed by atoms with E-state index >= 15 is 0 Å². The molecule has 0 saturated carbocycles. The SMILES string of the molecule is Cc1cnc2[nH]nc(CC(=O)O)n2c1=O. The van der Waals surface area contributed by atoms with Gasteiger partial charge in [-0.15, -0.1) is 0 Å². The summed E-state index contributed by atoms with van der Waals surface area (Å²) in [5.41, 5.74) is 0.144. The number of H-pyrrole nitrogens is 1. The number of carbonyl (C=O) groups is 1. The molecule has 2 rings (SSSR count). The van der Waals surface area contributed by atoms with Gasteiger partial charge in [0.05, 0.1) is 0 Å². The molecule has 2 aromatic rings. The highest BCUT2D eigenvalue weighted by Gasteiger charge is 2.12. The van der Waals surface area contributed by atoms with Gasteiger partial charge in [0.2, 0.25) is 5.78 Å². The van der Waals surface area contributed by atoms with Crippen LogP contribution in [-0.2, 0) is 11.2 Å². The lowest BCUT2D eigenvalue weighted by Gasteiger charge is -1.96. The Morgan fingerprint density at radius 1 is 1.67 bits per heavy atom. The molecule has 0 saturated heterocycles. The van der Waals surface area contributed by atoms with Crippen LogP contribution in [0.15, 0.2) is 11.0 Å². The number of aromatic nitrogens is 4. The molecule has 0 aromatic carbocycles. The first-order chi connectivity index (χ1) is 7.09. The monoisotopic (exact) mass is 208 g/mol. The number of nitrogens with one attached hydrogen (secondary N) is 1. The Labute approximate surface area is 83.4 Å². The minimum atomic E-state index is -1.04. The lowest BCUT2D eigenvalue weighted by molar-refractivity contribution is -0.136. The summed E-state index contributed by atoms with van der Waals surface area (Å²) >= 11 is 0. The molecule has 2 N–H and O–H groups in total. The van der Waals surface area contributed by atoms with E-state index in [2.05, 4.69) is 15.2 Å². The molecule has 0 fully saturated rings. The number of aromatic amines is 1. The smallest absolute Gasteiger partial charge is 0.311 e. The van der Waals surface area contributed by atoms with E-state index in [1.807, 2.05) is 0 Å². The van der Waals surface area contributed by atoms with Crippen molar-refractivity contribution in [2.75, 3.05) is 0 Å². The van der Waals surface area contributed by atoms with Gasteiger partial charge in [-0.2, -0.15) is 5.10 Å². The summed E-state index contributed by atoms with van der Waals surface area (Å²) in [5.74, 6) is -0.641. The van der Waals surface area contributed by atoms with Crippen molar-refractivity contribution < 1.29 is 9.90 Å². The van der Waals surface area contributed by atoms with Crippen LogP contribution in [0.2, 0.25) is 0 Å². The molecule has 0 aliphatic carbocycles. The van der Waals surface area contributed by atoms with Crippen molar-refractivity contribution in [3.8, 4) is 0 Å². The number of carboxylic acid groups (broad SMARTS) is 1. The van der Waals surface area contributed by atoms with Crippen molar-refractivity contribution >= 4 is 11.7 Å². The number of rotatable bonds is 2. The zero-order valence-electron chi connectivity index (χ0n) is 7.89. The van der Waals surface area contributed by atoms with Crippen LogP contribution < -0.4 is 5.56 Å². The molecular formula is C8H8N4O3. The molecule has 7 nitrogen and oxygen atoms in total. The minimum Gasteiger partial charge on any atom is -0.481 e. The maximum Gasteiger partial charge on any atom is 0.311 e. The second-order valence-electron chi connectivity index (χ2n) is 3.12. The quantitative estimate of drug-likeness (QED) is 0.683. The van der Waals surface area contributed by atoms with Crippen molar-refractivity contribution in [1.82, 2.24) is 19.6 Å². The summed E-state index contributed by atoms with van der Waals surface area (Å²) in [6, 6.07) is 0. The van der Waals surface area contributed by atoms with Crippen molar-refractivity contribution in [1.29, 1.82) is 0 Å². The summed E-state index contributed by atoms with van der Waals surface area (Å²) in [7, 11) is 0. The Bertz CT molecular complexity index is 583. The molecule has 7 heteroatoms. The van der Waals surface area contributed by atoms with Gasteiger partial charge in [0.15, 0.2) is 5.82 Å². The summed E-state index contributed by atoms with van der Waals surface area (Å²) in [5, 5.41) is 14.8. The highest BCUT2D eigenvalue weighted by molar-refractivity contribution is 5.69. The summed E-state index contributed by atoms with van der Waals surface area (Å²) in [6.07, 6.45) is 1.10. The van der Waals surface area contributed by atoms with Crippen molar-refractivity contribution in [2.24, 2.45) is 0 Å². The Morgan fingerprint density at radius 3 is 3.07 bits per heavy atom. The Kier molecular flexibility index (Phi) is 2.00. The average Bonchev–Trinajstić information content (AvgIpc) is 2.55. The van der Waals surface area contributed by atoms with Gasteiger partial charge >= 0.3 is 5.97 Å². The largest absolute Gasteiger partial charge is 0.481 e. The van der Waals surface area contributed by atoms with E-state index in [0.29, 0.717) is 5.56 Å². The van der Waals surface area contributed by atoms with Crippen LogP contribution in [0.3, 0.4) is 0 Å². The Morgan fingerprint density at radius 2 is 2.40 bits per heavy atom. The normalized spacial score (nSPS) is 10.7. The number of hydrogen-bond donors (Lipinski definition) is 2. The molecule has 2 heterocycles. The second-order valence-corrected chi connectivity index (χ2v) is 3.12. The van der Waals surface area contributed by atoms with E-state index in [1.54, 1.807) is 6.92 Å². The minimum absolute atomic E-state index is 0.152. The number of nitrogens with zero attached hydrogens (tertiary/aromatic N) is 3. The molecular weight excluding hydrogens is 200 g/mol. The Hall–Kier alpha value is -2.18. The van der Waals surface area contributed by atoms with Gasteiger partial charge in [-0.1, -0.05) is 0 Å². The fourth-order valence-electron chi connectivity index (χ4n) is 1.28. The molecule has 2 aromatic heterocycles. The zero-order chi connectivity index (χ0) is 11.0. The first-order valence-corrected chi connectivity index (χ1v) is 4.23. The highest BCUT2D eigenvalue weighted by Crippen LogP contribution is 1.98. The lowest BCUT2D eigenvalue weighted by atomic mass is 10.3. The molecule has 78 valence electrons. The third-order valence-electron chi connectivity index (χ3n) is 1.99. The molecule has 0 aliphatic rings. The second kappa shape index (κ2) is 3.19. The van der Waals surface area contributed by atoms with E-state index in [9.17, 15) is 9.59 Å². The van der Waals surface area contributed by atoms with Gasteiger partial charge in [-0.3, -0.25) is 9.59 Å². The predicted molar refractivity (Wildman–Crippen MR) is 49.7 cm³/mol. The summed E-state index contributed by atoms with van der Waals surface area (Å²) < 4.78 is 1.17. The van der Waals surface area contributed by atoms with E-state index in [0.717, 1.165) is 0 Å². The lowest BCUT2D eigenvalue weighted by Crippen LogP contribution is -2.19. The highest BCUT2D eigenvalue weighted by atomic mass is 16.4. The van der Waals surface area contributed by atoms with Crippen LogP contribution in [0.25, 0.3) is 5.78 Å². The molecule has 0 unspecified atom stereocenters. The first kappa shape index (κ1) is 9.38. The fourth-order valence-corrected chi connectivity index (χ4v) is 1.28. The number of aliphatic carboxylic acids is 1. The molecule has 0 bridgehead atoms. The van der Waals surface area contributed by atoms with Crippen molar-refractivity contribution in [2.45, 2.75) is 13.3 Å². The predicted octanol–water partition coefficient (Wildman–Crippen LogP) is -0.647. The molecule has 0 radical (unpaired) electrons. The third kappa shape index (κ3) is 1.47. The van der Waals surface area contributed by atoms with Crippen LogP contribution in [0, 0.1) is 6.92 Å². The van der Waals surface area contributed by atoms with E-state index in [1.165, 1.54) is 10.6 Å². The first-order valence-electron chi connectivity index (χ1n) is 4.23. The molecule has 0 aliphatic heterocycles. The maximum atomic E-state index is 11.7. The third-order valence-corrected chi connectivity index (χ3v) is 1.99. The van der Waals surface area contributed by atoms with Crippen LogP contribution in [0.1, 0.15) is 11.4 Å².